The SMILES string of the molecule is COC(=O)C(NC(=O)OC(C)(C)C)c1cccc(NC2CCCCC2)c1. The monoisotopic (exact) mass is 362 g/mol. The number of ether oxygens (including phenoxy) is 2. The topological polar surface area (TPSA) is 76.7 Å². The molecule has 0 heterocycles. The third-order valence-electron chi connectivity index (χ3n) is 4.29. The number of amides is 1. The van der Waals surface area contributed by atoms with Crippen LogP contribution in [0.5, 0.6) is 0 Å². The maximum Gasteiger partial charge on any atom is 0.408 e. The van der Waals surface area contributed by atoms with Gasteiger partial charge >= 0.3 is 12.1 Å². The van der Waals surface area contributed by atoms with Crippen LogP contribution in [0.25, 0.3) is 0 Å². The fourth-order valence-corrected chi connectivity index (χ4v) is 3.11. The van der Waals surface area contributed by atoms with Crippen molar-refractivity contribution in [2.75, 3.05) is 12.4 Å². The second-order valence-electron chi connectivity index (χ2n) is 7.71. The van der Waals surface area contributed by atoms with E-state index >= 15 is 0 Å². The molecule has 0 spiro atoms. The number of rotatable bonds is 5. The molecule has 2 N–H and O–H groups in total. The summed E-state index contributed by atoms with van der Waals surface area (Å²) in [6.45, 7) is 5.32. The lowest BCUT2D eigenvalue weighted by Gasteiger charge is -2.25. The van der Waals surface area contributed by atoms with E-state index in [1.165, 1.54) is 26.4 Å². The molecule has 1 atom stereocenters. The first-order chi connectivity index (χ1) is 12.3. The average Bonchev–Trinajstić information content (AvgIpc) is 2.58. The van der Waals surface area contributed by atoms with Crippen LogP contribution in [0.1, 0.15) is 64.5 Å². The Bertz CT molecular complexity index is 618. The van der Waals surface area contributed by atoms with Crippen molar-refractivity contribution >= 4 is 17.7 Å². The van der Waals surface area contributed by atoms with Crippen LogP contribution in [0, 0.1) is 0 Å². The number of methoxy groups -OCH3 is 1. The highest BCUT2D eigenvalue weighted by Gasteiger charge is 2.27. The van der Waals surface area contributed by atoms with Crippen molar-refractivity contribution in [1.29, 1.82) is 0 Å². The predicted molar refractivity (Wildman–Crippen MR) is 101 cm³/mol. The van der Waals surface area contributed by atoms with E-state index in [4.69, 9.17) is 9.47 Å². The van der Waals surface area contributed by atoms with Gasteiger partial charge in [-0.05, 0) is 51.3 Å². The minimum absolute atomic E-state index is 0.453. The van der Waals surface area contributed by atoms with Gasteiger partial charge in [0.25, 0.3) is 0 Å². The summed E-state index contributed by atoms with van der Waals surface area (Å²) in [5, 5.41) is 6.14. The van der Waals surface area contributed by atoms with Gasteiger partial charge in [-0.25, -0.2) is 9.59 Å². The van der Waals surface area contributed by atoms with Crippen LogP contribution in [0.4, 0.5) is 10.5 Å². The first kappa shape index (κ1) is 20.1. The summed E-state index contributed by atoms with van der Waals surface area (Å²) >= 11 is 0. The molecule has 0 aliphatic heterocycles. The van der Waals surface area contributed by atoms with Crippen molar-refractivity contribution in [3.63, 3.8) is 0 Å². The van der Waals surface area contributed by atoms with Gasteiger partial charge in [-0.3, -0.25) is 0 Å². The lowest BCUT2D eigenvalue weighted by atomic mass is 9.95. The molecule has 0 bridgehead atoms. The van der Waals surface area contributed by atoms with Crippen molar-refractivity contribution in [2.45, 2.75) is 70.6 Å². The van der Waals surface area contributed by atoms with Gasteiger partial charge in [0, 0.05) is 11.7 Å². The second-order valence-corrected chi connectivity index (χ2v) is 7.71. The zero-order valence-electron chi connectivity index (χ0n) is 16.1. The Hall–Kier alpha value is -2.24. The number of nitrogens with one attached hydrogen (secondary N) is 2. The number of anilines is 1. The molecule has 1 amide bonds. The second kappa shape index (κ2) is 8.92. The Balaban J connectivity index is 2.12. The van der Waals surface area contributed by atoms with Gasteiger partial charge in [0.05, 0.1) is 7.11 Å². The smallest absolute Gasteiger partial charge is 0.408 e. The Kier molecular flexibility index (Phi) is 6.89. The molecule has 6 nitrogen and oxygen atoms in total. The predicted octanol–water partition coefficient (Wildman–Crippen LogP) is 4.17. The van der Waals surface area contributed by atoms with E-state index < -0.39 is 23.7 Å². The third-order valence-corrected chi connectivity index (χ3v) is 4.29. The highest BCUT2D eigenvalue weighted by Crippen LogP contribution is 2.24. The van der Waals surface area contributed by atoms with Gasteiger partial charge in [-0.1, -0.05) is 31.4 Å². The number of hydrogen-bond acceptors (Lipinski definition) is 5. The van der Waals surface area contributed by atoms with Crippen LogP contribution in [-0.4, -0.2) is 30.8 Å². The highest BCUT2D eigenvalue weighted by molar-refractivity contribution is 5.83. The van der Waals surface area contributed by atoms with Crippen LogP contribution in [-0.2, 0) is 14.3 Å². The van der Waals surface area contributed by atoms with Crippen LogP contribution in [0.15, 0.2) is 24.3 Å². The molecule has 1 aromatic carbocycles. The van der Waals surface area contributed by atoms with Crippen molar-refractivity contribution < 1.29 is 19.1 Å². The normalized spacial score (nSPS) is 16.5. The summed E-state index contributed by atoms with van der Waals surface area (Å²) < 4.78 is 10.1. The fraction of sp³-hybridized carbons (Fsp3) is 0.600. The largest absolute Gasteiger partial charge is 0.467 e. The number of esters is 1. The van der Waals surface area contributed by atoms with Gasteiger partial charge < -0.3 is 20.1 Å². The van der Waals surface area contributed by atoms with E-state index in [1.807, 2.05) is 18.2 Å². The van der Waals surface area contributed by atoms with E-state index in [0.717, 1.165) is 18.5 Å². The Morgan fingerprint density at radius 2 is 1.85 bits per heavy atom. The van der Waals surface area contributed by atoms with Gasteiger partial charge in [-0.15, -0.1) is 0 Å². The lowest BCUT2D eigenvalue weighted by molar-refractivity contribution is -0.143. The van der Waals surface area contributed by atoms with E-state index in [1.54, 1.807) is 26.8 Å². The summed E-state index contributed by atoms with van der Waals surface area (Å²) in [7, 11) is 1.30. The van der Waals surface area contributed by atoms with Crippen molar-refractivity contribution in [2.24, 2.45) is 0 Å². The first-order valence-electron chi connectivity index (χ1n) is 9.22. The molecule has 1 fully saturated rings. The van der Waals surface area contributed by atoms with Crippen LogP contribution < -0.4 is 10.6 Å². The zero-order chi connectivity index (χ0) is 19.2. The van der Waals surface area contributed by atoms with Crippen LogP contribution in [0.3, 0.4) is 0 Å². The molecule has 1 unspecified atom stereocenters. The zero-order valence-corrected chi connectivity index (χ0v) is 16.1. The molecular formula is C20H30N2O4. The van der Waals surface area contributed by atoms with Crippen molar-refractivity contribution in [3.05, 3.63) is 29.8 Å². The van der Waals surface area contributed by atoms with Crippen LogP contribution in [0.2, 0.25) is 0 Å². The van der Waals surface area contributed by atoms with Crippen LogP contribution >= 0.6 is 0 Å². The molecule has 0 radical (unpaired) electrons. The molecule has 0 saturated heterocycles. The van der Waals surface area contributed by atoms with Gasteiger partial charge in [0.15, 0.2) is 6.04 Å². The molecule has 6 heteroatoms. The molecular weight excluding hydrogens is 332 g/mol. The van der Waals surface area contributed by atoms with E-state index in [9.17, 15) is 9.59 Å². The summed E-state index contributed by atoms with van der Waals surface area (Å²) in [5.41, 5.74) is 0.951. The highest BCUT2D eigenvalue weighted by atomic mass is 16.6. The molecule has 1 saturated carbocycles. The van der Waals surface area contributed by atoms with Gasteiger partial charge in [0.2, 0.25) is 0 Å². The number of benzene rings is 1. The van der Waals surface area contributed by atoms with E-state index in [-0.39, 0.29) is 0 Å². The Morgan fingerprint density at radius 3 is 2.46 bits per heavy atom. The molecule has 1 aliphatic rings. The maximum atomic E-state index is 12.2. The molecule has 2 rings (SSSR count). The van der Waals surface area contributed by atoms with Crippen molar-refractivity contribution in [1.82, 2.24) is 5.32 Å². The number of alkyl carbamates (subject to hydrolysis) is 1. The minimum Gasteiger partial charge on any atom is -0.467 e. The summed E-state index contributed by atoms with van der Waals surface area (Å²) in [5.74, 6) is -0.536. The van der Waals surface area contributed by atoms with Gasteiger partial charge in [-0.2, -0.15) is 0 Å². The Labute approximate surface area is 155 Å². The molecule has 1 aliphatic carbocycles. The standard InChI is InChI=1S/C20H30N2O4/c1-20(2,3)26-19(24)22-17(18(23)25-4)14-9-8-12-16(13-14)21-15-10-6-5-7-11-15/h8-9,12-13,15,17,21H,5-7,10-11H2,1-4H3,(H,22,24). The summed E-state index contributed by atoms with van der Waals surface area (Å²) in [4.78, 5) is 24.3. The summed E-state index contributed by atoms with van der Waals surface area (Å²) in [6.07, 6.45) is 5.42. The lowest BCUT2D eigenvalue weighted by Crippen LogP contribution is -2.38. The van der Waals surface area contributed by atoms with Gasteiger partial charge in [0.1, 0.15) is 5.60 Å². The fourth-order valence-electron chi connectivity index (χ4n) is 3.11. The minimum atomic E-state index is -0.914. The number of hydrogen-bond donors (Lipinski definition) is 2. The number of carbonyl (C=O) groups is 2. The maximum absolute atomic E-state index is 12.2. The molecule has 26 heavy (non-hydrogen) atoms. The molecule has 0 aromatic heterocycles. The average molecular weight is 362 g/mol. The quantitative estimate of drug-likeness (QED) is 0.769. The van der Waals surface area contributed by atoms with E-state index in [2.05, 4.69) is 10.6 Å². The molecule has 1 aromatic rings. The first-order valence-corrected chi connectivity index (χ1v) is 9.22. The van der Waals surface area contributed by atoms with E-state index in [0.29, 0.717) is 11.6 Å². The summed E-state index contributed by atoms with van der Waals surface area (Å²) in [6, 6.07) is 7.06. The third kappa shape index (κ3) is 6.24. The number of carbonyl (C=O) groups excluding carboxylic acids is 2. The molecule has 144 valence electrons. The van der Waals surface area contributed by atoms with Crippen molar-refractivity contribution in [3.8, 4) is 0 Å². The Morgan fingerprint density at radius 1 is 1.15 bits per heavy atom.